The van der Waals surface area contributed by atoms with Crippen LogP contribution in [0, 0.1) is 5.92 Å². The van der Waals surface area contributed by atoms with Crippen LogP contribution in [0.5, 0.6) is 5.75 Å². The maximum atomic E-state index is 9.54. The summed E-state index contributed by atoms with van der Waals surface area (Å²) in [6.07, 6.45) is 4.01. The summed E-state index contributed by atoms with van der Waals surface area (Å²) in [6, 6.07) is 6.81. The topological polar surface area (TPSA) is 68.4 Å². The predicted octanol–water partition coefficient (Wildman–Crippen LogP) is 3.49. The van der Waals surface area contributed by atoms with E-state index in [-0.39, 0.29) is 5.75 Å². The number of aromatic hydroxyl groups is 1. The van der Waals surface area contributed by atoms with Gasteiger partial charge in [-0.1, -0.05) is 18.1 Å². The van der Waals surface area contributed by atoms with Crippen LogP contribution in [0.4, 0.5) is 0 Å². The van der Waals surface area contributed by atoms with Crippen LogP contribution < -0.4 is 0 Å². The smallest absolute Gasteiger partial charge is 0.258 e. The average molecular weight is 288 g/mol. The predicted molar refractivity (Wildman–Crippen MR) is 77.7 cm³/mol. The van der Waals surface area contributed by atoms with E-state index in [1.807, 2.05) is 6.07 Å². The number of nitrogens with zero attached hydrogens (tertiary/aromatic N) is 2. The Labute approximate surface area is 123 Å². The SMILES string of the molecule is COC1(c2noc(-c3cccc(O)c3)n2)CCC(C)CC1. The van der Waals surface area contributed by atoms with Gasteiger partial charge in [0.1, 0.15) is 11.4 Å². The Morgan fingerprint density at radius 3 is 2.76 bits per heavy atom. The molecule has 0 saturated heterocycles. The summed E-state index contributed by atoms with van der Waals surface area (Å²) in [5.74, 6) is 1.91. The van der Waals surface area contributed by atoms with Crippen molar-refractivity contribution in [1.29, 1.82) is 0 Å². The molecule has 1 aromatic carbocycles. The van der Waals surface area contributed by atoms with Crippen molar-refractivity contribution in [2.24, 2.45) is 5.92 Å². The Morgan fingerprint density at radius 1 is 1.33 bits per heavy atom. The van der Waals surface area contributed by atoms with E-state index in [1.165, 1.54) is 0 Å². The third kappa shape index (κ3) is 2.65. The molecule has 0 unspecified atom stereocenters. The number of phenols is 1. The van der Waals surface area contributed by atoms with Crippen LogP contribution in [-0.2, 0) is 10.3 Å². The van der Waals surface area contributed by atoms with Crippen LogP contribution in [0.1, 0.15) is 38.4 Å². The summed E-state index contributed by atoms with van der Waals surface area (Å²) in [5, 5.41) is 13.7. The second-order valence-corrected chi connectivity index (χ2v) is 5.85. The van der Waals surface area contributed by atoms with Crippen molar-refractivity contribution >= 4 is 0 Å². The summed E-state index contributed by atoms with van der Waals surface area (Å²) in [4.78, 5) is 4.50. The molecule has 0 aliphatic heterocycles. The zero-order valence-electron chi connectivity index (χ0n) is 12.4. The minimum absolute atomic E-state index is 0.181. The number of aromatic nitrogens is 2. The van der Waals surface area contributed by atoms with Gasteiger partial charge in [0.05, 0.1) is 0 Å². The second-order valence-electron chi connectivity index (χ2n) is 5.85. The lowest BCUT2D eigenvalue weighted by molar-refractivity contribution is -0.0609. The van der Waals surface area contributed by atoms with Gasteiger partial charge in [-0.3, -0.25) is 0 Å². The van der Waals surface area contributed by atoms with E-state index in [4.69, 9.17) is 9.26 Å². The van der Waals surface area contributed by atoms with Gasteiger partial charge < -0.3 is 14.4 Å². The lowest BCUT2D eigenvalue weighted by atomic mass is 9.79. The fourth-order valence-corrected chi connectivity index (χ4v) is 2.91. The van der Waals surface area contributed by atoms with Crippen LogP contribution in [-0.4, -0.2) is 22.4 Å². The Bertz CT molecular complexity index is 615. The van der Waals surface area contributed by atoms with Gasteiger partial charge in [0.25, 0.3) is 5.89 Å². The first-order valence-electron chi connectivity index (χ1n) is 7.32. The molecule has 1 N–H and O–H groups in total. The lowest BCUT2D eigenvalue weighted by Crippen LogP contribution is -2.34. The van der Waals surface area contributed by atoms with Gasteiger partial charge in [0.15, 0.2) is 0 Å². The van der Waals surface area contributed by atoms with E-state index >= 15 is 0 Å². The molecule has 2 aromatic rings. The van der Waals surface area contributed by atoms with Gasteiger partial charge >= 0.3 is 0 Å². The summed E-state index contributed by atoms with van der Waals surface area (Å²) in [7, 11) is 1.71. The summed E-state index contributed by atoms with van der Waals surface area (Å²) >= 11 is 0. The van der Waals surface area contributed by atoms with Crippen LogP contribution >= 0.6 is 0 Å². The van der Waals surface area contributed by atoms with E-state index in [2.05, 4.69) is 17.1 Å². The minimum Gasteiger partial charge on any atom is -0.508 e. The molecule has 1 aliphatic carbocycles. The summed E-state index contributed by atoms with van der Waals surface area (Å²) in [5.41, 5.74) is 0.273. The Balaban J connectivity index is 1.90. The maximum absolute atomic E-state index is 9.54. The van der Waals surface area contributed by atoms with E-state index in [9.17, 15) is 5.11 Å². The Kier molecular flexibility index (Phi) is 3.68. The van der Waals surface area contributed by atoms with E-state index in [0.717, 1.165) is 25.7 Å². The number of rotatable bonds is 3. The third-order valence-electron chi connectivity index (χ3n) is 4.40. The quantitative estimate of drug-likeness (QED) is 0.936. The van der Waals surface area contributed by atoms with Crippen LogP contribution in [0.25, 0.3) is 11.5 Å². The van der Waals surface area contributed by atoms with Crippen LogP contribution in [0.15, 0.2) is 28.8 Å². The molecule has 1 saturated carbocycles. The molecule has 3 rings (SSSR count). The van der Waals surface area contributed by atoms with Crippen molar-refractivity contribution in [1.82, 2.24) is 10.1 Å². The molecule has 112 valence electrons. The number of hydrogen-bond acceptors (Lipinski definition) is 5. The lowest BCUT2D eigenvalue weighted by Gasteiger charge is -2.35. The maximum Gasteiger partial charge on any atom is 0.258 e. The molecule has 5 nitrogen and oxygen atoms in total. The molecule has 1 aromatic heterocycles. The molecule has 1 aliphatic rings. The van der Waals surface area contributed by atoms with Crippen molar-refractivity contribution in [3.63, 3.8) is 0 Å². The number of ether oxygens (including phenoxy) is 1. The van der Waals surface area contributed by atoms with Crippen molar-refractivity contribution in [2.45, 2.75) is 38.2 Å². The van der Waals surface area contributed by atoms with Gasteiger partial charge in [-0.05, 0) is 49.8 Å². The second kappa shape index (κ2) is 5.48. The van der Waals surface area contributed by atoms with Gasteiger partial charge in [-0.25, -0.2) is 0 Å². The highest BCUT2D eigenvalue weighted by Crippen LogP contribution is 2.41. The molecule has 0 radical (unpaired) electrons. The van der Waals surface area contributed by atoms with E-state index in [1.54, 1.807) is 25.3 Å². The molecule has 0 bridgehead atoms. The number of hydrogen-bond donors (Lipinski definition) is 1. The van der Waals surface area contributed by atoms with Crippen LogP contribution in [0.3, 0.4) is 0 Å². The number of phenolic OH excluding ortho intramolecular Hbond substituents is 1. The van der Waals surface area contributed by atoms with Crippen LogP contribution in [0.2, 0.25) is 0 Å². The minimum atomic E-state index is -0.439. The Morgan fingerprint density at radius 2 is 2.10 bits per heavy atom. The zero-order chi connectivity index (χ0) is 14.9. The molecular weight excluding hydrogens is 268 g/mol. The first kappa shape index (κ1) is 14.1. The fourth-order valence-electron chi connectivity index (χ4n) is 2.91. The third-order valence-corrected chi connectivity index (χ3v) is 4.40. The van der Waals surface area contributed by atoms with Crippen molar-refractivity contribution in [3.05, 3.63) is 30.1 Å². The molecule has 5 heteroatoms. The molecule has 1 fully saturated rings. The average Bonchev–Trinajstić information content (AvgIpc) is 2.99. The zero-order valence-corrected chi connectivity index (χ0v) is 12.4. The van der Waals surface area contributed by atoms with Gasteiger partial charge in [0, 0.05) is 12.7 Å². The van der Waals surface area contributed by atoms with Crippen molar-refractivity contribution in [2.75, 3.05) is 7.11 Å². The van der Waals surface area contributed by atoms with Crippen molar-refractivity contribution in [3.8, 4) is 17.2 Å². The van der Waals surface area contributed by atoms with E-state index < -0.39 is 5.60 Å². The monoisotopic (exact) mass is 288 g/mol. The molecule has 1 heterocycles. The van der Waals surface area contributed by atoms with Gasteiger partial charge in [-0.15, -0.1) is 0 Å². The highest BCUT2D eigenvalue weighted by molar-refractivity contribution is 5.55. The molecule has 0 spiro atoms. The number of methoxy groups -OCH3 is 1. The normalized spacial score (nSPS) is 25.9. The molecule has 0 atom stereocenters. The summed E-state index contributed by atoms with van der Waals surface area (Å²) in [6.45, 7) is 2.26. The van der Waals surface area contributed by atoms with Gasteiger partial charge in [0.2, 0.25) is 5.82 Å². The fraction of sp³-hybridized carbons (Fsp3) is 0.500. The molecular formula is C16H20N2O3. The standard InChI is InChI=1S/C16H20N2O3/c1-11-6-8-16(20-2,9-7-11)15-17-14(21-18-15)12-4-3-5-13(19)10-12/h3-5,10-11,19H,6-9H2,1-2H3. The van der Waals surface area contributed by atoms with Crippen molar-refractivity contribution < 1.29 is 14.4 Å². The highest BCUT2D eigenvalue weighted by atomic mass is 16.5. The Hall–Kier alpha value is -1.88. The largest absolute Gasteiger partial charge is 0.508 e. The highest BCUT2D eigenvalue weighted by Gasteiger charge is 2.40. The van der Waals surface area contributed by atoms with Gasteiger partial charge in [-0.2, -0.15) is 4.98 Å². The number of benzene rings is 1. The molecule has 0 amide bonds. The molecule has 21 heavy (non-hydrogen) atoms. The summed E-state index contributed by atoms with van der Waals surface area (Å²) < 4.78 is 11.1. The van der Waals surface area contributed by atoms with E-state index in [0.29, 0.717) is 23.2 Å². The first-order valence-corrected chi connectivity index (χ1v) is 7.32. The first-order chi connectivity index (χ1) is 10.1.